The van der Waals surface area contributed by atoms with Crippen LogP contribution in [-0.4, -0.2) is 73.8 Å². The lowest BCUT2D eigenvalue weighted by atomic mass is 10.2. The molecule has 7 nitrogen and oxygen atoms in total. The van der Waals surface area contributed by atoms with Crippen LogP contribution in [0.4, 0.5) is 4.79 Å². The maximum atomic E-state index is 12.2. The van der Waals surface area contributed by atoms with E-state index in [2.05, 4.69) is 5.32 Å². The Kier molecular flexibility index (Phi) is 6.11. The van der Waals surface area contributed by atoms with Crippen molar-refractivity contribution in [2.24, 2.45) is 0 Å². The van der Waals surface area contributed by atoms with Crippen LogP contribution in [0.5, 0.6) is 5.75 Å². The van der Waals surface area contributed by atoms with Crippen LogP contribution in [0.15, 0.2) is 30.3 Å². The van der Waals surface area contributed by atoms with Crippen molar-refractivity contribution in [2.75, 3.05) is 45.9 Å². The van der Waals surface area contributed by atoms with E-state index in [0.29, 0.717) is 38.5 Å². The molecule has 2 fully saturated rings. The fourth-order valence-corrected chi connectivity index (χ4v) is 3.03. The maximum Gasteiger partial charge on any atom is 0.317 e. The van der Waals surface area contributed by atoms with Gasteiger partial charge in [-0.3, -0.25) is 4.79 Å². The van der Waals surface area contributed by atoms with Crippen molar-refractivity contribution in [3.63, 3.8) is 0 Å². The minimum Gasteiger partial charge on any atom is -0.484 e. The molecule has 0 saturated carbocycles. The Bertz CT molecular complexity index is 567. The number of amides is 3. The fourth-order valence-electron chi connectivity index (χ4n) is 3.03. The average molecular weight is 347 g/mol. The number of rotatable bonds is 5. The molecule has 2 aliphatic heterocycles. The number of ether oxygens (including phenoxy) is 2. The molecule has 2 aliphatic rings. The summed E-state index contributed by atoms with van der Waals surface area (Å²) in [5.74, 6) is 0.631. The highest BCUT2D eigenvalue weighted by Crippen LogP contribution is 2.11. The molecule has 0 radical (unpaired) electrons. The predicted molar refractivity (Wildman–Crippen MR) is 92.5 cm³/mol. The minimum absolute atomic E-state index is 0.0230. The molecule has 0 spiro atoms. The van der Waals surface area contributed by atoms with Crippen molar-refractivity contribution in [3.8, 4) is 5.75 Å². The van der Waals surface area contributed by atoms with Crippen molar-refractivity contribution in [3.05, 3.63) is 30.3 Å². The molecule has 1 N–H and O–H groups in total. The summed E-state index contributed by atoms with van der Waals surface area (Å²) in [5.41, 5.74) is 0. The maximum absolute atomic E-state index is 12.2. The molecule has 136 valence electrons. The second-order valence-electron chi connectivity index (χ2n) is 6.29. The molecule has 3 rings (SSSR count). The Labute approximate surface area is 147 Å². The van der Waals surface area contributed by atoms with Crippen LogP contribution >= 0.6 is 0 Å². The van der Waals surface area contributed by atoms with Crippen molar-refractivity contribution >= 4 is 11.9 Å². The van der Waals surface area contributed by atoms with Crippen LogP contribution in [0.25, 0.3) is 0 Å². The van der Waals surface area contributed by atoms with Gasteiger partial charge in [-0.05, 0) is 25.0 Å². The van der Waals surface area contributed by atoms with Crippen LogP contribution in [0.3, 0.4) is 0 Å². The second kappa shape index (κ2) is 8.71. The largest absolute Gasteiger partial charge is 0.484 e. The molecular formula is C18H25N3O4. The summed E-state index contributed by atoms with van der Waals surface area (Å²) in [7, 11) is 0. The third-order valence-corrected chi connectivity index (χ3v) is 4.53. The molecule has 0 aliphatic carbocycles. The highest BCUT2D eigenvalue weighted by Gasteiger charge is 2.25. The van der Waals surface area contributed by atoms with Crippen LogP contribution < -0.4 is 10.1 Å². The second-order valence-corrected chi connectivity index (χ2v) is 6.29. The number of benzene rings is 1. The molecule has 1 atom stereocenters. The summed E-state index contributed by atoms with van der Waals surface area (Å²) in [6.07, 6.45) is 2.21. The van der Waals surface area contributed by atoms with Crippen molar-refractivity contribution < 1.29 is 19.1 Å². The lowest BCUT2D eigenvalue weighted by Gasteiger charge is -2.34. The van der Waals surface area contributed by atoms with Gasteiger partial charge in [-0.1, -0.05) is 18.2 Å². The Morgan fingerprint density at radius 1 is 1.12 bits per heavy atom. The number of piperazine rings is 1. The number of nitrogens with one attached hydrogen (secondary N) is 1. The smallest absolute Gasteiger partial charge is 0.317 e. The zero-order valence-electron chi connectivity index (χ0n) is 14.4. The Hall–Kier alpha value is -2.28. The van der Waals surface area contributed by atoms with Gasteiger partial charge in [0.15, 0.2) is 6.61 Å². The summed E-state index contributed by atoms with van der Waals surface area (Å²) in [6, 6.07) is 9.20. The number of hydrogen-bond donors (Lipinski definition) is 1. The van der Waals surface area contributed by atoms with Gasteiger partial charge in [0.25, 0.3) is 5.91 Å². The number of nitrogens with zero attached hydrogens (tertiary/aromatic N) is 2. The van der Waals surface area contributed by atoms with E-state index in [1.165, 1.54) is 0 Å². The molecule has 0 unspecified atom stereocenters. The van der Waals surface area contributed by atoms with Gasteiger partial charge in [-0.15, -0.1) is 0 Å². The normalized spacial score (nSPS) is 20.4. The lowest BCUT2D eigenvalue weighted by Crippen LogP contribution is -2.54. The molecule has 2 saturated heterocycles. The molecule has 0 aromatic heterocycles. The number of carbonyl (C=O) groups excluding carboxylic acids is 2. The fraction of sp³-hybridized carbons (Fsp3) is 0.556. The quantitative estimate of drug-likeness (QED) is 0.866. The lowest BCUT2D eigenvalue weighted by molar-refractivity contribution is -0.134. The zero-order chi connectivity index (χ0) is 17.5. The van der Waals surface area contributed by atoms with Gasteiger partial charge in [0, 0.05) is 39.3 Å². The van der Waals surface area contributed by atoms with E-state index >= 15 is 0 Å². The number of urea groups is 1. The number of hydrogen-bond acceptors (Lipinski definition) is 4. The Balaban J connectivity index is 1.35. The molecule has 2 heterocycles. The first-order valence-corrected chi connectivity index (χ1v) is 8.82. The van der Waals surface area contributed by atoms with Crippen molar-refractivity contribution in [1.82, 2.24) is 15.1 Å². The van der Waals surface area contributed by atoms with E-state index in [-0.39, 0.29) is 24.6 Å². The first-order chi connectivity index (χ1) is 12.2. The Morgan fingerprint density at radius 2 is 1.84 bits per heavy atom. The summed E-state index contributed by atoms with van der Waals surface area (Å²) >= 11 is 0. The minimum atomic E-state index is -0.0804. The summed E-state index contributed by atoms with van der Waals surface area (Å²) in [6.45, 7) is 3.50. The topological polar surface area (TPSA) is 71.1 Å². The van der Waals surface area contributed by atoms with Gasteiger partial charge < -0.3 is 24.6 Å². The van der Waals surface area contributed by atoms with Crippen LogP contribution in [-0.2, 0) is 9.53 Å². The van der Waals surface area contributed by atoms with Crippen LogP contribution in [0.1, 0.15) is 12.8 Å². The Morgan fingerprint density at radius 3 is 2.52 bits per heavy atom. The number of para-hydroxylation sites is 1. The molecule has 1 aromatic rings. The van der Waals surface area contributed by atoms with Crippen molar-refractivity contribution in [1.29, 1.82) is 0 Å². The van der Waals surface area contributed by atoms with E-state index in [9.17, 15) is 9.59 Å². The van der Waals surface area contributed by atoms with Gasteiger partial charge >= 0.3 is 6.03 Å². The highest BCUT2D eigenvalue weighted by atomic mass is 16.5. The van der Waals surface area contributed by atoms with E-state index in [1.807, 2.05) is 30.3 Å². The zero-order valence-corrected chi connectivity index (χ0v) is 14.4. The van der Waals surface area contributed by atoms with Crippen LogP contribution in [0.2, 0.25) is 0 Å². The molecule has 0 bridgehead atoms. The van der Waals surface area contributed by atoms with E-state index in [4.69, 9.17) is 9.47 Å². The third kappa shape index (κ3) is 5.09. The van der Waals surface area contributed by atoms with Crippen molar-refractivity contribution in [2.45, 2.75) is 18.9 Å². The van der Waals surface area contributed by atoms with E-state index in [1.54, 1.807) is 9.80 Å². The van der Waals surface area contributed by atoms with Crippen LogP contribution in [0, 0.1) is 0 Å². The van der Waals surface area contributed by atoms with E-state index < -0.39 is 0 Å². The van der Waals surface area contributed by atoms with Gasteiger partial charge in [0.05, 0.1) is 6.10 Å². The molecule has 7 heteroatoms. The highest BCUT2D eigenvalue weighted by molar-refractivity contribution is 5.79. The summed E-state index contributed by atoms with van der Waals surface area (Å²) in [4.78, 5) is 27.9. The first kappa shape index (κ1) is 17.5. The monoisotopic (exact) mass is 347 g/mol. The first-order valence-electron chi connectivity index (χ1n) is 8.82. The average Bonchev–Trinajstić information content (AvgIpc) is 3.19. The van der Waals surface area contributed by atoms with Gasteiger partial charge in [-0.2, -0.15) is 0 Å². The number of carbonyl (C=O) groups is 2. The summed E-state index contributed by atoms with van der Waals surface area (Å²) in [5, 5.41) is 2.92. The van der Waals surface area contributed by atoms with Gasteiger partial charge in [-0.25, -0.2) is 4.79 Å². The third-order valence-electron chi connectivity index (χ3n) is 4.53. The molecule has 1 aromatic carbocycles. The van der Waals surface area contributed by atoms with Gasteiger partial charge in [0.1, 0.15) is 5.75 Å². The standard InChI is InChI=1S/C18H25N3O4/c22-17(14-25-15-5-2-1-3-6-15)20-8-10-21(11-9-20)18(23)19-13-16-7-4-12-24-16/h1-3,5-6,16H,4,7-14H2,(H,19,23)/t16-/m0/s1. The summed E-state index contributed by atoms with van der Waals surface area (Å²) < 4.78 is 11.0. The molecule has 3 amide bonds. The molecule has 25 heavy (non-hydrogen) atoms. The molecular weight excluding hydrogens is 322 g/mol. The van der Waals surface area contributed by atoms with E-state index in [0.717, 1.165) is 19.4 Å². The predicted octanol–water partition coefficient (Wildman–Crippen LogP) is 1.10. The SMILES string of the molecule is O=C(COc1ccccc1)N1CCN(C(=O)NC[C@@H]2CCCO2)CC1. The van der Waals surface area contributed by atoms with Gasteiger partial charge in [0.2, 0.25) is 0 Å².